The molecule has 0 spiro atoms. The number of benzene rings is 3. The van der Waals surface area contributed by atoms with Crippen LogP contribution in [-0.4, -0.2) is 43.8 Å². The van der Waals surface area contributed by atoms with Gasteiger partial charge in [-0.15, -0.1) is 0 Å². The summed E-state index contributed by atoms with van der Waals surface area (Å²) < 4.78 is 27.6. The van der Waals surface area contributed by atoms with E-state index in [1.165, 1.54) is 6.08 Å². The average Bonchev–Trinajstić information content (AvgIpc) is 3.45. The van der Waals surface area contributed by atoms with Crippen LogP contribution in [0.3, 0.4) is 0 Å². The third-order valence-corrected chi connectivity index (χ3v) is 8.29. The largest absolute Gasteiger partial charge is 0.494 e. The highest BCUT2D eigenvalue weighted by Crippen LogP contribution is 2.26. The van der Waals surface area contributed by atoms with E-state index in [0.717, 1.165) is 87.5 Å². The molecule has 1 saturated heterocycles. The van der Waals surface area contributed by atoms with Crippen LogP contribution in [0.5, 0.6) is 17.2 Å². The molecule has 0 radical (unpaired) electrons. The second kappa shape index (κ2) is 20.5. The molecule has 3 aromatic carbocycles. The van der Waals surface area contributed by atoms with Crippen LogP contribution in [0.4, 0.5) is 0 Å². The van der Waals surface area contributed by atoms with Crippen molar-refractivity contribution >= 4 is 17.9 Å². The van der Waals surface area contributed by atoms with Crippen LogP contribution in [0.2, 0.25) is 0 Å². The molecule has 0 bridgehead atoms. The maximum Gasteiger partial charge on any atom is 0.343 e. The Balaban J connectivity index is 1.07. The Labute approximate surface area is 290 Å². The summed E-state index contributed by atoms with van der Waals surface area (Å²) in [6, 6.07) is 22.4. The molecule has 3 aromatic rings. The first-order valence-corrected chi connectivity index (χ1v) is 17.4. The van der Waals surface area contributed by atoms with Crippen LogP contribution in [0.15, 0.2) is 97.6 Å². The summed E-state index contributed by atoms with van der Waals surface area (Å²) in [5, 5.41) is 0. The summed E-state index contributed by atoms with van der Waals surface area (Å²) in [4.78, 5) is 35.1. The molecule has 1 aliphatic rings. The molecular formula is C41H48O8. The van der Waals surface area contributed by atoms with Crippen molar-refractivity contribution in [2.24, 2.45) is 0 Å². The monoisotopic (exact) mass is 668 g/mol. The molecule has 8 heteroatoms. The molecule has 1 heterocycles. The summed E-state index contributed by atoms with van der Waals surface area (Å²) >= 11 is 0. The summed E-state index contributed by atoms with van der Waals surface area (Å²) in [5.74, 6) is 0.977. The van der Waals surface area contributed by atoms with Crippen LogP contribution in [0.25, 0.3) is 11.1 Å². The number of cyclic esters (lactones) is 1. The van der Waals surface area contributed by atoms with Gasteiger partial charge in [0.1, 0.15) is 23.4 Å². The molecule has 260 valence electrons. The molecule has 1 atom stereocenters. The Morgan fingerprint density at radius 2 is 1.16 bits per heavy atom. The van der Waals surface area contributed by atoms with Gasteiger partial charge in [-0.05, 0) is 91.8 Å². The second-order valence-electron chi connectivity index (χ2n) is 12.2. The first kappa shape index (κ1) is 37.0. The van der Waals surface area contributed by atoms with Crippen molar-refractivity contribution < 1.29 is 38.1 Å². The van der Waals surface area contributed by atoms with Gasteiger partial charge in [-0.25, -0.2) is 14.4 Å². The van der Waals surface area contributed by atoms with E-state index >= 15 is 0 Å². The number of esters is 3. The van der Waals surface area contributed by atoms with E-state index in [2.05, 4.69) is 13.2 Å². The number of rotatable bonds is 22. The van der Waals surface area contributed by atoms with E-state index in [1.54, 1.807) is 36.4 Å². The van der Waals surface area contributed by atoms with Gasteiger partial charge >= 0.3 is 17.9 Å². The second-order valence-corrected chi connectivity index (χ2v) is 12.2. The molecule has 8 nitrogen and oxygen atoms in total. The molecule has 0 aliphatic carbocycles. The lowest BCUT2D eigenvalue weighted by molar-refractivity contribution is -0.139. The Hall–Kier alpha value is -4.85. The predicted molar refractivity (Wildman–Crippen MR) is 190 cm³/mol. The third kappa shape index (κ3) is 13.3. The van der Waals surface area contributed by atoms with Gasteiger partial charge in [0.05, 0.1) is 25.4 Å². The van der Waals surface area contributed by atoms with Crippen molar-refractivity contribution in [1.29, 1.82) is 0 Å². The predicted octanol–water partition coefficient (Wildman–Crippen LogP) is 9.22. The maximum absolute atomic E-state index is 12.7. The van der Waals surface area contributed by atoms with Crippen molar-refractivity contribution in [3.63, 3.8) is 0 Å². The van der Waals surface area contributed by atoms with Crippen LogP contribution >= 0.6 is 0 Å². The molecule has 4 rings (SSSR count). The van der Waals surface area contributed by atoms with Gasteiger partial charge in [-0.3, -0.25) is 0 Å². The number of ether oxygens (including phenoxy) is 5. The van der Waals surface area contributed by atoms with E-state index in [0.29, 0.717) is 48.9 Å². The summed E-state index contributed by atoms with van der Waals surface area (Å²) in [6.07, 6.45) is 13.0. The quantitative estimate of drug-likeness (QED) is 0.0452. The van der Waals surface area contributed by atoms with Crippen molar-refractivity contribution in [3.05, 3.63) is 103 Å². The van der Waals surface area contributed by atoms with Crippen LogP contribution in [0, 0.1) is 0 Å². The zero-order valence-corrected chi connectivity index (χ0v) is 28.4. The minimum Gasteiger partial charge on any atom is -0.494 e. The summed E-state index contributed by atoms with van der Waals surface area (Å²) in [6.45, 7) is 8.84. The molecule has 0 amide bonds. The molecule has 0 aromatic heterocycles. The number of unbranched alkanes of at least 4 members (excludes halogenated alkanes) is 8. The first-order valence-electron chi connectivity index (χ1n) is 17.4. The molecular weight excluding hydrogens is 620 g/mol. The molecule has 1 fully saturated rings. The van der Waals surface area contributed by atoms with Gasteiger partial charge < -0.3 is 23.7 Å². The third-order valence-electron chi connectivity index (χ3n) is 8.29. The Morgan fingerprint density at radius 3 is 1.69 bits per heavy atom. The lowest BCUT2D eigenvalue weighted by Gasteiger charge is -2.10. The van der Waals surface area contributed by atoms with Crippen molar-refractivity contribution in [2.45, 2.75) is 83.2 Å². The lowest BCUT2D eigenvalue weighted by atomic mass is 10.1. The van der Waals surface area contributed by atoms with Crippen LogP contribution in [0.1, 0.15) is 87.4 Å². The molecule has 0 N–H and O–H groups in total. The van der Waals surface area contributed by atoms with E-state index in [9.17, 15) is 14.4 Å². The highest BCUT2D eigenvalue weighted by molar-refractivity contribution is 5.91. The fourth-order valence-corrected chi connectivity index (χ4v) is 5.46. The Kier molecular flexibility index (Phi) is 15.5. The Morgan fingerprint density at radius 1 is 0.673 bits per heavy atom. The highest BCUT2D eigenvalue weighted by Gasteiger charge is 2.26. The van der Waals surface area contributed by atoms with Crippen molar-refractivity contribution in [2.75, 3.05) is 19.8 Å². The number of hydrogen-bond donors (Lipinski definition) is 0. The highest BCUT2D eigenvalue weighted by atomic mass is 16.6. The standard InChI is InChI=1S/C41H48O8/c1-3-39(42)47-29-13-8-5-4-7-11-27-45-35-21-15-32(16-22-35)33-17-25-37(26-18-33)48-41(44)34-19-23-36(24-20-34)46-28-12-9-6-10-14-38-30-31(2)40(43)49-38/h3,15-26,38H,1-2,4-14,27-30H2. The van der Waals surface area contributed by atoms with Gasteiger partial charge in [0.2, 0.25) is 0 Å². The lowest BCUT2D eigenvalue weighted by Crippen LogP contribution is -2.08. The SMILES string of the molecule is C=CC(=O)OCCCCCCCCOc1ccc(-c2ccc(OC(=O)c3ccc(OCCCCCCC4CC(=C)C(=O)O4)cc3)cc2)cc1. The maximum atomic E-state index is 12.7. The number of carbonyl (C=O) groups is 3. The summed E-state index contributed by atoms with van der Waals surface area (Å²) in [5.41, 5.74) is 3.08. The van der Waals surface area contributed by atoms with Gasteiger partial charge in [0, 0.05) is 18.1 Å². The molecule has 1 unspecified atom stereocenters. The van der Waals surface area contributed by atoms with Crippen molar-refractivity contribution in [3.8, 4) is 28.4 Å². The molecule has 49 heavy (non-hydrogen) atoms. The Bertz CT molecular complexity index is 1480. The zero-order valence-electron chi connectivity index (χ0n) is 28.4. The smallest absolute Gasteiger partial charge is 0.343 e. The van der Waals surface area contributed by atoms with Crippen LogP contribution < -0.4 is 14.2 Å². The first-order chi connectivity index (χ1) is 23.9. The van der Waals surface area contributed by atoms with Gasteiger partial charge in [-0.2, -0.15) is 0 Å². The van der Waals surface area contributed by atoms with E-state index in [4.69, 9.17) is 23.7 Å². The normalized spacial score (nSPS) is 13.8. The average molecular weight is 669 g/mol. The minimum atomic E-state index is -0.427. The fourth-order valence-electron chi connectivity index (χ4n) is 5.46. The number of hydrogen-bond acceptors (Lipinski definition) is 8. The minimum absolute atomic E-state index is 0.00974. The van der Waals surface area contributed by atoms with E-state index in [1.807, 2.05) is 36.4 Å². The van der Waals surface area contributed by atoms with Gasteiger partial charge in [-0.1, -0.05) is 75.9 Å². The van der Waals surface area contributed by atoms with Crippen LogP contribution in [-0.2, 0) is 19.1 Å². The molecule has 0 saturated carbocycles. The zero-order chi connectivity index (χ0) is 34.7. The molecule has 1 aliphatic heterocycles. The van der Waals surface area contributed by atoms with E-state index < -0.39 is 5.97 Å². The van der Waals surface area contributed by atoms with Gasteiger partial charge in [0.15, 0.2) is 0 Å². The summed E-state index contributed by atoms with van der Waals surface area (Å²) in [7, 11) is 0. The number of carbonyl (C=O) groups excluding carboxylic acids is 3. The van der Waals surface area contributed by atoms with E-state index in [-0.39, 0.29) is 18.0 Å². The topological polar surface area (TPSA) is 97.4 Å². The van der Waals surface area contributed by atoms with Gasteiger partial charge in [0.25, 0.3) is 0 Å². The van der Waals surface area contributed by atoms with Crippen molar-refractivity contribution in [1.82, 2.24) is 0 Å². The fraction of sp³-hybridized carbons (Fsp3) is 0.390.